The molecule has 0 unspecified atom stereocenters. The average molecular weight is 848 g/mol. The molecule has 21 nitrogen and oxygen atoms in total. The number of benzene rings is 1. The summed E-state index contributed by atoms with van der Waals surface area (Å²) in [6.07, 6.45) is 1.14. The van der Waals surface area contributed by atoms with Gasteiger partial charge in [-0.15, -0.1) is 0 Å². The van der Waals surface area contributed by atoms with Crippen molar-refractivity contribution < 1.29 is 48.6 Å². The Labute approximate surface area is 350 Å². The summed E-state index contributed by atoms with van der Waals surface area (Å²) in [4.78, 5) is 108. The van der Waals surface area contributed by atoms with Crippen LogP contribution in [0.25, 0.3) is 0 Å². The minimum Gasteiger partial charge on any atom is -0.478 e. The van der Waals surface area contributed by atoms with Crippen molar-refractivity contribution in [3.8, 4) is 0 Å². The molecular formula is C39H65N11O10. The molecule has 1 rings (SSSR count). The van der Waals surface area contributed by atoms with Gasteiger partial charge in [-0.1, -0.05) is 66.5 Å². The summed E-state index contributed by atoms with van der Waals surface area (Å²) in [6, 6.07) is -1.61. The number of hydrogen-bond acceptors (Lipinski definition) is 11. The molecular weight excluding hydrogens is 782 g/mol. The van der Waals surface area contributed by atoms with Gasteiger partial charge in [0.15, 0.2) is 5.96 Å². The molecule has 60 heavy (non-hydrogen) atoms. The maximum Gasteiger partial charge on any atom is 0.335 e. The lowest BCUT2D eigenvalue weighted by atomic mass is 9.96. The van der Waals surface area contributed by atoms with Crippen LogP contribution in [-0.4, -0.2) is 119 Å². The van der Waals surface area contributed by atoms with E-state index in [9.17, 15) is 48.6 Å². The number of carboxylic acids is 1. The molecule has 0 aliphatic rings. The van der Waals surface area contributed by atoms with Crippen molar-refractivity contribution in [1.82, 2.24) is 31.9 Å². The van der Waals surface area contributed by atoms with E-state index in [2.05, 4.69) is 36.9 Å². The number of amides is 7. The van der Waals surface area contributed by atoms with Crippen molar-refractivity contribution in [2.75, 3.05) is 19.7 Å². The molecule has 0 saturated heterocycles. The van der Waals surface area contributed by atoms with Crippen molar-refractivity contribution in [3.63, 3.8) is 0 Å². The van der Waals surface area contributed by atoms with E-state index in [0.29, 0.717) is 18.4 Å². The number of aromatic carboxylic acids is 1. The number of carboxylic acid groups (broad SMARTS) is 1. The first-order valence-electron chi connectivity index (χ1n) is 20.0. The van der Waals surface area contributed by atoms with Crippen molar-refractivity contribution in [2.24, 2.45) is 45.7 Å². The van der Waals surface area contributed by atoms with Crippen LogP contribution >= 0.6 is 0 Å². The number of aliphatic hydroxyl groups is 1. The Morgan fingerprint density at radius 1 is 0.700 bits per heavy atom. The van der Waals surface area contributed by atoms with Gasteiger partial charge in [-0.25, -0.2) is 4.79 Å². The van der Waals surface area contributed by atoms with E-state index < -0.39 is 103 Å². The molecule has 0 aromatic heterocycles. The van der Waals surface area contributed by atoms with Crippen LogP contribution in [0.1, 0.15) is 89.6 Å². The molecule has 0 spiro atoms. The average Bonchev–Trinajstić information content (AvgIpc) is 3.19. The normalized spacial score (nSPS) is 15.0. The van der Waals surface area contributed by atoms with Crippen LogP contribution in [0.3, 0.4) is 0 Å². The van der Waals surface area contributed by atoms with Gasteiger partial charge in [0, 0.05) is 13.0 Å². The molecule has 8 atom stereocenters. The maximum absolute atomic E-state index is 13.9. The monoisotopic (exact) mass is 847 g/mol. The second-order valence-electron chi connectivity index (χ2n) is 15.2. The molecule has 1 aromatic rings. The number of primary amides is 1. The molecule has 1 aromatic carbocycles. The van der Waals surface area contributed by atoms with Gasteiger partial charge >= 0.3 is 5.97 Å². The lowest BCUT2D eigenvalue weighted by Crippen LogP contribution is -2.59. The summed E-state index contributed by atoms with van der Waals surface area (Å²) in [5.74, 6) is -7.54. The molecule has 0 saturated carbocycles. The minimum absolute atomic E-state index is 0.00823. The van der Waals surface area contributed by atoms with Crippen LogP contribution in [0.15, 0.2) is 29.3 Å². The predicted molar refractivity (Wildman–Crippen MR) is 222 cm³/mol. The van der Waals surface area contributed by atoms with Crippen molar-refractivity contribution in [2.45, 2.75) is 116 Å². The minimum atomic E-state index is -1.33. The number of nitrogens with two attached hydrogens (primary N) is 4. The molecule has 0 aliphatic heterocycles. The summed E-state index contributed by atoms with van der Waals surface area (Å²) in [6.45, 7) is 9.48. The molecule has 7 amide bonds. The number of rotatable bonds is 27. The fourth-order valence-electron chi connectivity index (χ4n) is 5.80. The Morgan fingerprint density at radius 2 is 1.23 bits per heavy atom. The van der Waals surface area contributed by atoms with Gasteiger partial charge in [0.1, 0.15) is 36.3 Å². The first-order chi connectivity index (χ1) is 28.1. The highest BCUT2D eigenvalue weighted by atomic mass is 16.4. The number of aliphatic imine (C=N–C) groups is 1. The predicted octanol–water partition coefficient (Wildman–Crippen LogP) is -2.54. The van der Waals surface area contributed by atoms with Gasteiger partial charge < -0.3 is 65.0 Å². The van der Waals surface area contributed by atoms with Crippen LogP contribution in [0.2, 0.25) is 0 Å². The topological polar surface area (TPSA) is 366 Å². The summed E-state index contributed by atoms with van der Waals surface area (Å²) in [7, 11) is 0. The molecule has 0 heterocycles. The van der Waals surface area contributed by atoms with E-state index in [4.69, 9.17) is 22.9 Å². The summed E-state index contributed by atoms with van der Waals surface area (Å²) >= 11 is 0. The second-order valence-corrected chi connectivity index (χ2v) is 15.2. The number of nitrogens with zero attached hydrogens (tertiary/aromatic N) is 1. The van der Waals surface area contributed by atoms with Gasteiger partial charge in [-0.2, -0.15) is 0 Å². The van der Waals surface area contributed by atoms with Gasteiger partial charge in [0.2, 0.25) is 41.4 Å². The Hall–Kier alpha value is -5.83. The highest BCUT2D eigenvalue weighted by molar-refractivity contribution is 5.96. The molecule has 0 radical (unpaired) electrons. The third kappa shape index (κ3) is 18.4. The van der Waals surface area contributed by atoms with E-state index in [1.54, 1.807) is 27.7 Å². The first-order valence-corrected chi connectivity index (χ1v) is 20.0. The largest absolute Gasteiger partial charge is 0.478 e. The SMILES string of the molecule is CC[C@H](C)[C@H](NC(=O)[C@H](Cc1ccc(C(=O)O)cc1)NC(=O)[C@H](CCCN=C(N)N)NC(=O)CNC(=O)[C@@H](NC(=O)[C@H](CC(C)C)NC(=O)[C@@H](N)CO)[C@@H](C)CC)C(N)=O. The number of guanidine groups is 1. The van der Waals surface area contributed by atoms with Crippen LogP contribution in [0.5, 0.6) is 0 Å². The van der Waals surface area contributed by atoms with E-state index in [-0.39, 0.29) is 55.6 Å². The van der Waals surface area contributed by atoms with Crippen molar-refractivity contribution >= 4 is 53.3 Å². The number of carbonyl (C=O) groups is 8. The number of aliphatic hydroxyl groups excluding tert-OH is 1. The van der Waals surface area contributed by atoms with Crippen molar-refractivity contribution in [3.05, 3.63) is 35.4 Å². The van der Waals surface area contributed by atoms with E-state index in [0.717, 1.165) is 0 Å². The molecule has 0 bridgehead atoms. The molecule has 16 N–H and O–H groups in total. The molecule has 21 heteroatoms. The lowest BCUT2D eigenvalue weighted by Gasteiger charge is -2.28. The quantitative estimate of drug-likeness (QED) is 0.0247. The first kappa shape index (κ1) is 52.2. The highest BCUT2D eigenvalue weighted by Crippen LogP contribution is 2.13. The van der Waals surface area contributed by atoms with E-state index in [1.165, 1.54) is 24.3 Å². The Kier molecular flexibility index (Phi) is 22.9. The van der Waals surface area contributed by atoms with Crippen molar-refractivity contribution in [1.29, 1.82) is 0 Å². The zero-order valence-electron chi connectivity index (χ0n) is 35.3. The van der Waals surface area contributed by atoms with Gasteiger partial charge in [0.25, 0.3) is 0 Å². The Balaban J connectivity index is 3.33. The summed E-state index contributed by atoms with van der Waals surface area (Å²) in [5, 5.41) is 34.0. The van der Waals surface area contributed by atoms with E-state index in [1.807, 2.05) is 13.8 Å². The Bertz CT molecular complexity index is 1650. The Morgan fingerprint density at radius 3 is 1.75 bits per heavy atom. The highest BCUT2D eigenvalue weighted by Gasteiger charge is 2.33. The van der Waals surface area contributed by atoms with E-state index >= 15 is 0 Å². The standard InChI is InChI=1S/C39H65N11O10/c1-7-21(5)30(32(41)53)49-36(57)28(17-23-11-13-24(14-12-23)38(59)60)48-34(55)26(10-9-15-44-39(42)43)46-29(52)18-45-37(58)31(22(6)8-2)50-35(56)27(16-20(3)4)47-33(54)25(40)19-51/h11-14,20-22,25-28,30-31,51H,7-10,15-19,40H2,1-6H3,(H2,41,53)(H,45,58)(H,46,52)(H,47,54)(H,48,55)(H,49,57)(H,50,56)(H,59,60)(H4,42,43,44)/t21-,22-,25-,26-,27-,28-,30-,31-/m0/s1. The molecule has 336 valence electrons. The second kappa shape index (κ2) is 26.3. The smallest absolute Gasteiger partial charge is 0.335 e. The third-order valence-corrected chi connectivity index (χ3v) is 9.78. The van der Waals surface area contributed by atoms with Crippen LogP contribution in [0, 0.1) is 17.8 Å². The van der Waals surface area contributed by atoms with Gasteiger partial charge in [-0.3, -0.25) is 38.6 Å². The number of nitrogens with one attached hydrogen (secondary N) is 6. The van der Waals surface area contributed by atoms with Crippen LogP contribution < -0.4 is 54.8 Å². The molecule has 0 aliphatic carbocycles. The summed E-state index contributed by atoms with van der Waals surface area (Å²) in [5.41, 5.74) is 22.5. The fraction of sp³-hybridized carbons (Fsp3) is 0.615. The molecule has 0 fully saturated rings. The zero-order chi connectivity index (χ0) is 45.7. The van der Waals surface area contributed by atoms with Crippen LogP contribution in [-0.2, 0) is 40.0 Å². The summed E-state index contributed by atoms with van der Waals surface area (Å²) < 4.78 is 0. The number of carbonyl (C=O) groups excluding carboxylic acids is 7. The fourth-order valence-corrected chi connectivity index (χ4v) is 5.80. The maximum atomic E-state index is 13.9. The van der Waals surface area contributed by atoms with Gasteiger partial charge in [-0.05, 0) is 54.7 Å². The zero-order valence-corrected chi connectivity index (χ0v) is 35.3. The third-order valence-electron chi connectivity index (χ3n) is 9.78. The number of hydrogen-bond donors (Lipinski definition) is 12. The lowest BCUT2D eigenvalue weighted by molar-refractivity contribution is -0.135. The van der Waals surface area contributed by atoms with Crippen LogP contribution in [0.4, 0.5) is 0 Å². The van der Waals surface area contributed by atoms with Gasteiger partial charge in [0.05, 0.1) is 18.7 Å².